The second-order valence-corrected chi connectivity index (χ2v) is 9.75. The minimum Gasteiger partial charge on any atom is -0.396 e. The molecule has 1 atom stereocenters. The van der Waals surface area contributed by atoms with Crippen molar-refractivity contribution in [3.8, 4) is 0 Å². The van der Waals surface area contributed by atoms with Crippen molar-refractivity contribution in [3.63, 3.8) is 0 Å². The van der Waals surface area contributed by atoms with Crippen molar-refractivity contribution >= 4 is 27.5 Å². The average molecular weight is 469 g/mol. The van der Waals surface area contributed by atoms with Gasteiger partial charge in [0.1, 0.15) is 12.6 Å². The summed E-state index contributed by atoms with van der Waals surface area (Å²) in [4.78, 5) is 28.4. The summed E-state index contributed by atoms with van der Waals surface area (Å²) in [5.41, 5.74) is 6.81. The van der Waals surface area contributed by atoms with Gasteiger partial charge in [-0.15, -0.1) is 0 Å². The minimum atomic E-state index is -4.08. The fourth-order valence-corrected chi connectivity index (χ4v) is 5.72. The molecule has 0 saturated carbocycles. The molecule has 0 aliphatic carbocycles. The van der Waals surface area contributed by atoms with Gasteiger partial charge < -0.3 is 25.4 Å². The largest absolute Gasteiger partial charge is 0.396 e. The van der Waals surface area contributed by atoms with E-state index in [2.05, 4.69) is 4.72 Å². The summed E-state index contributed by atoms with van der Waals surface area (Å²) in [7, 11) is -4.08. The molecule has 1 aromatic carbocycles. The number of rotatable bonds is 8. The molecule has 4 N–H and O–H groups in total. The summed E-state index contributed by atoms with van der Waals surface area (Å²) < 4.78 is 34.2. The van der Waals surface area contributed by atoms with Gasteiger partial charge in [-0.1, -0.05) is 13.0 Å². The maximum atomic E-state index is 13.3. The molecule has 2 saturated heterocycles. The van der Waals surface area contributed by atoms with Gasteiger partial charge in [-0.05, 0) is 42.9 Å². The fourth-order valence-electron chi connectivity index (χ4n) is 4.19. The molecule has 2 aliphatic rings. The van der Waals surface area contributed by atoms with Gasteiger partial charge in [-0.3, -0.25) is 9.59 Å². The lowest BCUT2D eigenvalue weighted by Gasteiger charge is -2.33. The minimum absolute atomic E-state index is 0.0297. The third kappa shape index (κ3) is 5.29. The lowest BCUT2D eigenvalue weighted by atomic mass is 9.97. The Morgan fingerprint density at radius 3 is 2.62 bits per heavy atom. The van der Waals surface area contributed by atoms with E-state index in [0.717, 1.165) is 0 Å². The number of hydrogen-bond acceptors (Lipinski definition) is 7. The van der Waals surface area contributed by atoms with Gasteiger partial charge in [0.25, 0.3) is 5.91 Å². The van der Waals surface area contributed by atoms with E-state index in [4.69, 9.17) is 10.5 Å². The third-order valence-electron chi connectivity index (χ3n) is 6.04. The first-order valence-electron chi connectivity index (χ1n) is 10.9. The summed E-state index contributed by atoms with van der Waals surface area (Å²) in [6, 6.07) is 3.69. The summed E-state index contributed by atoms with van der Waals surface area (Å²) >= 11 is 0. The highest BCUT2D eigenvalue weighted by Gasteiger charge is 2.32. The standard InChI is InChI=1S/C21H32N4O6S/c1-2-16-18(25-10-11-31-14-20(25)27)4-3-5-19(16)32(29,30)23-17(12-22)21(28)24-8-6-15(13-26)7-9-24/h3-5,15,17,23,26H,2,6-14,22H2,1H3/t17-/m0/s1. The number of nitrogens with one attached hydrogen (secondary N) is 1. The van der Waals surface area contributed by atoms with Gasteiger partial charge in [0.05, 0.1) is 11.5 Å². The highest BCUT2D eigenvalue weighted by atomic mass is 32.2. The maximum Gasteiger partial charge on any atom is 0.253 e. The first kappa shape index (κ1) is 24.6. The predicted molar refractivity (Wildman–Crippen MR) is 119 cm³/mol. The second-order valence-electron chi connectivity index (χ2n) is 8.07. The Hall–Kier alpha value is -2.05. The molecule has 1 aromatic rings. The quantitative estimate of drug-likeness (QED) is 0.465. The maximum absolute atomic E-state index is 13.3. The SMILES string of the molecule is CCc1c(N2CCOCC2=O)cccc1S(=O)(=O)N[C@@H](CN)C(=O)N1CCC(CO)CC1. The van der Waals surface area contributed by atoms with Crippen molar-refractivity contribution < 1.29 is 27.9 Å². The van der Waals surface area contributed by atoms with E-state index in [-0.39, 0.29) is 42.4 Å². The van der Waals surface area contributed by atoms with Crippen LogP contribution in [0.1, 0.15) is 25.3 Å². The van der Waals surface area contributed by atoms with Crippen molar-refractivity contribution in [1.82, 2.24) is 9.62 Å². The summed E-state index contributed by atoms with van der Waals surface area (Å²) in [6.07, 6.45) is 1.72. The molecule has 3 rings (SSSR count). The molecule has 11 heteroatoms. The number of carbonyl (C=O) groups excluding carboxylic acids is 2. The van der Waals surface area contributed by atoms with Gasteiger partial charge >= 0.3 is 0 Å². The highest BCUT2D eigenvalue weighted by molar-refractivity contribution is 7.89. The van der Waals surface area contributed by atoms with Crippen molar-refractivity contribution in [3.05, 3.63) is 23.8 Å². The molecule has 2 heterocycles. The molecule has 0 spiro atoms. The predicted octanol–water partition coefficient (Wildman–Crippen LogP) is -0.551. The number of nitrogens with two attached hydrogens (primary N) is 1. The molecule has 2 amide bonds. The van der Waals surface area contributed by atoms with E-state index in [1.807, 2.05) is 6.92 Å². The second kappa shape index (κ2) is 10.7. The zero-order valence-electron chi connectivity index (χ0n) is 18.3. The van der Waals surface area contributed by atoms with E-state index in [9.17, 15) is 23.1 Å². The Bertz CT molecular complexity index is 930. The number of nitrogens with zero attached hydrogens (tertiary/aromatic N) is 2. The molecule has 2 aliphatic heterocycles. The average Bonchev–Trinajstić information content (AvgIpc) is 2.82. The first-order valence-corrected chi connectivity index (χ1v) is 12.4. The molecule has 0 unspecified atom stereocenters. The zero-order valence-corrected chi connectivity index (χ0v) is 19.1. The number of carbonyl (C=O) groups is 2. The molecule has 32 heavy (non-hydrogen) atoms. The first-order chi connectivity index (χ1) is 15.3. The lowest BCUT2D eigenvalue weighted by molar-refractivity contribution is -0.134. The van der Waals surface area contributed by atoms with Gasteiger partial charge in [-0.2, -0.15) is 4.72 Å². The zero-order chi connectivity index (χ0) is 23.3. The molecular formula is C21H32N4O6S. The van der Waals surface area contributed by atoms with Crippen LogP contribution in [0, 0.1) is 5.92 Å². The Morgan fingerprint density at radius 1 is 1.31 bits per heavy atom. The molecule has 10 nitrogen and oxygen atoms in total. The molecule has 0 aromatic heterocycles. The number of ether oxygens (including phenoxy) is 1. The van der Waals surface area contributed by atoms with E-state index in [0.29, 0.717) is 56.8 Å². The smallest absolute Gasteiger partial charge is 0.253 e. The molecule has 0 bridgehead atoms. The van der Waals surface area contributed by atoms with Crippen LogP contribution in [0.15, 0.2) is 23.1 Å². The number of sulfonamides is 1. The number of aliphatic hydroxyl groups excluding tert-OH is 1. The van der Waals surface area contributed by atoms with E-state index in [1.165, 1.54) is 11.0 Å². The van der Waals surface area contributed by atoms with Crippen LogP contribution in [0.25, 0.3) is 0 Å². The number of anilines is 1. The monoisotopic (exact) mass is 468 g/mol. The van der Waals surface area contributed by atoms with Crippen LogP contribution in [-0.2, 0) is 30.8 Å². The number of piperidine rings is 1. The van der Waals surface area contributed by atoms with Crippen LogP contribution in [0.3, 0.4) is 0 Å². The van der Waals surface area contributed by atoms with Crippen LogP contribution >= 0.6 is 0 Å². The van der Waals surface area contributed by atoms with Crippen LogP contribution < -0.4 is 15.4 Å². The van der Waals surface area contributed by atoms with Gasteiger partial charge in [-0.25, -0.2) is 8.42 Å². The molecule has 178 valence electrons. The molecular weight excluding hydrogens is 436 g/mol. The third-order valence-corrected chi connectivity index (χ3v) is 7.60. The number of hydrogen-bond donors (Lipinski definition) is 3. The van der Waals surface area contributed by atoms with Gasteiger partial charge in [0.15, 0.2) is 0 Å². The van der Waals surface area contributed by atoms with Gasteiger partial charge in [0, 0.05) is 38.5 Å². The Morgan fingerprint density at radius 2 is 2.03 bits per heavy atom. The molecule has 2 fully saturated rings. The molecule has 0 radical (unpaired) electrons. The summed E-state index contributed by atoms with van der Waals surface area (Å²) in [5, 5.41) is 9.29. The highest BCUT2D eigenvalue weighted by Crippen LogP contribution is 2.29. The van der Waals surface area contributed by atoms with Crippen molar-refractivity contribution in [2.75, 3.05) is 50.9 Å². The van der Waals surface area contributed by atoms with Crippen molar-refractivity contribution in [2.24, 2.45) is 11.7 Å². The number of aliphatic hydroxyl groups is 1. The summed E-state index contributed by atoms with van der Waals surface area (Å²) in [5.74, 6) is -0.440. The topological polar surface area (TPSA) is 142 Å². The number of benzene rings is 1. The fraction of sp³-hybridized carbons (Fsp3) is 0.619. The van der Waals surface area contributed by atoms with E-state index < -0.39 is 16.1 Å². The van der Waals surface area contributed by atoms with Crippen LogP contribution in [0.4, 0.5) is 5.69 Å². The Labute approximate surface area is 188 Å². The Balaban J connectivity index is 1.83. The van der Waals surface area contributed by atoms with E-state index >= 15 is 0 Å². The van der Waals surface area contributed by atoms with Crippen LogP contribution in [0.2, 0.25) is 0 Å². The van der Waals surface area contributed by atoms with Gasteiger partial charge in [0.2, 0.25) is 15.9 Å². The number of amides is 2. The Kier molecular flexibility index (Phi) is 8.23. The van der Waals surface area contributed by atoms with Crippen molar-refractivity contribution in [2.45, 2.75) is 37.1 Å². The summed E-state index contributed by atoms with van der Waals surface area (Å²) in [6.45, 7) is 3.30. The number of morpholine rings is 1. The van der Waals surface area contributed by atoms with Crippen LogP contribution in [-0.4, -0.2) is 82.3 Å². The van der Waals surface area contributed by atoms with E-state index in [1.54, 1.807) is 17.0 Å². The lowest BCUT2D eigenvalue weighted by Crippen LogP contribution is -2.54. The van der Waals surface area contributed by atoms with Crippen molar-refractivity contribution in [1.29, 1.82) is 0 Å². The normalized spacial score (nSPS) is 19.3. The van der Waals surface area contributed by atoms with Crippen LogP contribution in [0.5, 0.6) is 0 Å². The number of likely N-dealkylation sites (tertiary alicyclic amines) is 1.